The molecule has 1 saturated heterocycles. The van der Waals surface area contributed by atoms with Crippen molar-refractivity contribution >= 4 is 34.2 Å². The molecule has 0 radical (unpaired) electrons. The van der Waals surface area contributed by atoms with Gasteiger partial charge in [0.1, 0.15) is 0 Å². The molecule has 1 amide bonds. The molecule has 2 aromatic carbocycles. The molecule has 1 aliphatic heterocycles. The van der Waals surface area contributed by atoms with Gasteiger partial charge in [0.05, 0.1) is 28.3 Å². The number of aryl methyl sites for hydroxylation is 1. The minimum absolute atomic E-state index is 0.123. The average molecular weight is 486 g/mol. The minimum Gasteiger partial charge on any atom is -0.365 e. The third-order valence-corrected chi connectivity index (χ3v) is 6.18. The zero-order valence-electron chi connectivity index (χ0n) is 16.1. The van der Waals surface area contributed by atoms with Gasteiger partial charge in [-0.1, -0.05) is 30.3 Å². The summed E-state index contributed by atoms with van der Waals surface area (Å²) in [7, 11) is 0. The Kier molecular flexibility index (Phi) is 5.39. The number of para-hydroxylation sites is 1. The van der Waals surface area contributed by atoms with Crippen molar-refractivity contribution in [2.24, 2.45) is 0 Å². The number of anilines is 1. The van der Waals surface area contributed by atoms with E-state index in [1.807, 2.05) is 52.0 Å². The van der Waals surface area contributed by atoms with Gasteiger partial charge in [-0.05, 0) is 60.7 Å². The molecule has 0 aliphatic carbocycles. The molecule has 5 nitrogen and oxygen atoms in total. The third kappa shape index (κ3) is 3.53. The molecule has 4 rings (SSSR count). The van der Waals surface area contributed by atoms with Crippen molar-refractivity contribution in [2.75, 3.05) is 31.1 Å². The van der Waals surface area contributed by atoms with Crippen LogP contribution < -0.4 is 4.90 Å². The summed E-state index contributed by atoms with van der Waals surface area (Å²) < 4.78 is 3.01. The van der Waals surface area contributed by atoms with Crippen molar-refractivity contribution in [3.8, 4) is 5.69 Å². The number of amides is 1. The van der Waals surface area contributed by atoms with Gasteiger partial charge in [-0.25, -0.2) is 4.68 Å². The van der Waals surface area contributed by atoms with Gasteiger partial charge in [-0.3, -0.25) is 4.79 Å². The highest BCUT2D eigenvalue weighted by Gasteiger charge is 2.26. The van der Waals surface area contributed by atoms with Crippen molar-refractivity contribution < 1.29 is 4.79 Å². The lowest BCUT2D eigenvalue weighted by molar-refractivity contribution is 0.0745. The van der Waals surface area contributed by atoms with Gasteiger partial charge in [0, 0.05) is 29.7 Å². The molecule has 0 saturated carbocycles. The van der Waals surface area contributed by atoms with Gasteiger partial charge in [0.25, 0.3) is 5.91 Å². The minimum atomic E-state index is 0.123. The molecule has 0 N–H and O–H groups in total. The SMILES string of the molecule is Cc1nn(-c2ccccc2)c(C)c1N1CCN(C(=O)c2ccccc2I)CC1. The van der Waals surface area contributed by atoms with Crippen LogP contribution in [0.5, 0.6) is 0 Å². The Hall–Kier alpha value is -2.35. The van der Waals surface area contributed by atoms with Crippen molar-refractivity contribution in [1.82, 2.24) is 14.7 Å². The molecule has 0 bridgehead atoms. The second-order valence-corrected chi connectivity index (χ2v) is 8.19. The quantitative estimate of drug-likeness (QED) is 0.525. The average Bonchev–Trinajstić information content (AvgIpc) is 3.03. The lowest BCUT2D eigenvalue weighted by atomic mass is 10.1. The summed E-state index contributed by atoms with van der Waals surface area (Å²) >= 11 is 2.23. The molecule has 6 heteroatoms. The molecular formula is C22H23IN4O. The van der Waals surface area contributed by atoms with Crippen LogP contribution in [0.3, 0.4) is 0 Å². The van der Waals surface area contributed by atoms with E-state index in [2.05, 4.69) is 53.5 Å². The number of nitrogens with zero attached hydrogens (tertiary/aromatic N) is 4. The molecule has 28 heavy (non-hydrogen) atoms. The van der Waals surface area contributed by atoms with Gasteiger partial charge in [0.2, 0.25) is 0 Å². The first-order valence-electron chi connectivity index (χ1n) is 9.46. The highest BCUT2D eigenvalue weighted by Crippen LogP contribution is 2.28. The number of hydrogen-bond acceptors (Lipinski definition) is 3. The van der Waals surface area contributed by atoms with Crippen LogP contribution >= 0.6 is 22.6 Å². The van der Waals surface area contributed by atoms with E-state index in [1.54, 1.807) is 0 Å². The first-order valence-corrected chi connectivity index (χ1v) is 10.5. The van der Waals surface area contributed by atoms with Crippen molar-refractivity contribution in [3.63, 3.8) is 0 Å². The molecule has 1 aliphatic rings. The topological polar surface area (TPSA) is 41.4 Å². The van der Waals surface area contributed by atoms with E-state index in [9.17, 15) is 4.79 Å². The number of piperazine rings is 1. The van der Waals surface area contributed by atoms with Crippen molar-refractivity contribution in [2.45, 2.75) is 13.8 Å². The maximum absolute atomic E-state index is 12.9. The third-order valence-electron chi connectivity index (χ3n) is 5.24. The fourth-order valence-electron chi connectivity index (χ4n) is 3.85. The molecular weight excluding hydrogens is 463 g/mol. The Morgan fingerprint density at radius 1 is 0.929 bits per heavy atom. The van der Waals surface area contributed by atoms with E-state index in [-0.39, 0.29) is 5.91 Å². The van der Waals surface area contributed by atoms with Gasteiger partial charge in [0.15, 0.2) is 0 Å². The number of hydrogen-bond donors (Lipinski definition) is 0. The first kappa shape index (κ1) is 19.0. The Labute approximate surface area is 179 Å². The number of benzene rings is 2. The van der Waals surface area contributed by atoms with Crippen LogP contribution in [0.2, 0.25) is 0 Å². The van der Waals surface area contributed by atoms with Crippen LogP contribution in [0.4, 0.5) is 5.69 Å². The Morgan fingerprint density at radius 2 is 1.57 bits per heavy atom. The van der Waals surface area contributed by atoms with Crippen molar-refractivity contribution in [1.29, 1.82) is 0 Å². The van der Waals surface area contributed by atoms with E-state index in [4.69, 9.17) is 5.10 Å². The predicted octanol–water partition coefficient (Wildman–Crippen LogP) is 4.06. The molecule has 0 atom stereocenters. The highest BCUT2D eigenvalue weighted by molar-refractivity contribution is 14.1. The van der Waals surface area contributed by atoms with E-state index < -0.39 is 0 Å². The summed E-state index contributed by atoms with van der Waals surface area (Å²) in [5, 5.41) is 4.76. The van der Waals surface area contributed by atoms with Gasteiger partial charge in [-0.2, -0.15) is 5.10 Å². The Bertz CT molecular complexity index is 991. The van der Waals surface area contributed by atoms with Crippen LogP contribution in [0.1, 0.15) is 21.7 Å². The molecule has 1 aromatic heterocycles. The summed E-state index contributed by atoms with van der Waals surface area (Å²) in [6.45, 7) is 7.25. The number of aromatic nitrogens is 2. The molecule has 2 heterocycles. The summed E-state index contributed by atoms with van der Waals surface area (Å²) in [4.78, 5) is 17.2. The van der Waals surface area contributed by atoms with Crippen LogP contribution in [-0.2, 0) is 0 Å². The fraction of sp³-hybridized carbons (Fsp3) is 0.273. The van der Waals surface area contributed by atoms with Crippen LogP contribution in [0, 0.1) is 17.4 Å². The monoisotopic (exact) mass is 486 g/mol. The zero-order valence-corrected chi connectivity index (χ0v) is 18.3. The lowest BCUT2D eigenvalue weighted by Crippen LogP contribution is -2.49. The maximum atomic E-state index is 12.9. The van der Waals surface area contributed by atoms with E-state index in [1.165, 1.54) is 5.69 Å². The van der Waals surface area contributed by atoms with Crippen molar-refractivity contribution in [3.05, 3.63) is 75.1 Å². The summed E-state index contributed by atoms with van der Waals surface area (Å²) in [6.07, 6.45) is 0. The number of halogens is 1. The van der Waals surface area contributed by atoms with Gasteiger partial charge < -0.3 is 9.80 Å². The number of rotatable bonds is 3. The maximum Gasteiger partial charge on any atom is 0.255 e. The Morgan fingerprint density at radius 3 is 2.25 bits per heavy atom. The standard InChI is InChI=1S/C22H23IN4O/c1-16-21(17(2)27(24-16)18-8-4-3-5-9-18)25-12-14-26(15-13-25)22(28)19-10-6-7-11-20(19)23/h3-11H,12-15H2,1-2H3. The number of carbonyl (C=O) groups excluding carboxylic acids is 1. The lowest BCUT2D eigenvalue weighted by Gasteiger charge is -2.36. The molecule has 0 unspecified atom stereocenters. The molecule has 144 valence electrons. The zero-order chi connectivity index (χ0) is 19.7. The molecule has 1 fully saturated rings. The fourth-order valence-corrected chi connectivity index (χ4v) is 4.47. The normalized spacial score (nSPS) is 14.4. The van der Waals surface area contributed by atoms with E-state index in [0.29, 0.717) is 0 Å². The first-order chi connectivity index (χ1) is 13.6. The second kappa shape index (κ2) is 7.95. The molecule has 0 spiro atoms. The smallest absolute Gasteiger partial charge is 0.255 e. The highest BCUT2D eigenvalue weighted by atomic mass is 127. The van der Waals surface area contributed by atoms with Gasteiger partial charge in [-0.15, -0.1) is 0 Å². The summed E-state index contributed by atoms with van der Waals surface area (Å²) in [6, 6.07) is 18.0. The molecule has 3 aromatic rings. The predicted molar refractivity (Wildman–Crippen MR) is 120 cm³/mol. The van der Waals surface area contributed by atoms with Crippen LogP contribution in [-0.4, -0.2) is 46.8 Å². The van der Waals surface area contributed by atoms with Crippen LogP contribution in [0.15, 0.2) is 54.6 Å². The largest absolute Gasteiger partial charge is 0.365 e. The second-order valence-electron chi connectivity index (χ2n) is 7.03. The summed E-state index contributed by atoms with van der Waals surface area (Å²) in [5.41, 5.74) is 5.22. The van der Waals surface area contributed by atoms with Crippen LogP contribution in [0.25, 0.3) is 5.69 Å². The number of carbonyl (C=O) groups is 1. The van der Waals surface area contributed by atoms with E-state index >= 15 is 0 Å². The summed E-state index contributed by atoms with van der Waals surface area (Å²) in [5.74, 6) is 0.123. The Balaban J connectivity index is 1.51. The van der Waals surface area contributed by atoms with Gasteiger partial charge >= 0.3 is 0 Å². The van der Waals surface area contributed by atoms with E-state index in [0.717, 1.165) is 52.4 Å².